The molecule has 1 atom stereocenters. The van der Waals surface area contributed by atoms with Crippen molar-refractivity contribution >= 4 is 31.6 Å². The van der Waals surface area contributed by atoms with Crippen LogP contribution in [0.2, 0.25) is 0 Å². The number of nitro benzene ring substituents is 1. The Morgan fingerprint density at radius 2 is 2.04 bits per heavy atom. The Morgan fingerprint density at radius 1 is 1.32 bits per heavy atom. The van der Waals surface area contributed by atoms with Gasteiger partial charge in [-0.2, -0.15) is 0 Å². The molecule has 0 spiro atoms. The first kappa shape index (κ1) is 17.8. The molecular weight excluding hydrogens is 419 g/mol. The summed E-state index contributed by atoms with van der Waals surface area (Å²) in [4.78, 5) is 9.60. The van der Waals surface area contributed by atoms with Crippen LogP contribution in [-0.4, -0.2) is 19.9 Å². The molecule has 3 rings (SSSR count). The van der Waals surface area contributed by atoms with Crippen molar-refractivity contribution in [2.45, 2.75) is 17.4 Å². The molecule has 0 fully saturated rings. The van der Waals surface area contributed by atoms with E-state index in [9.17, 15) is 22.9 Å². The Bertz CT molecular complexity index is 951. The summed E-state index contributed by atoms with van der Waals surface area (Å²) in [6, 6.07) is 7.81. The number of para-hydroxylation sites is 1. The summed E-state index contributed by atoms with van der Waals surface area (Å²) in [6.45, 7) is 0.305. The second kappa shape index (κ2) is 6.70. The molecule has 2 aromatic carbocycles. The summed E-state index contributed by atoms with van der Waals surface area (Å²) in [6.07, 6.45) is 0.367. The molecule has 7 nitrogen and oxygen atoms in total. The van der Waals surface area contributed by atoms with Crippen LogP contribution in [0.5, 0.6) is 5.75 Å². The largest absolute Gasteiger partial charge is 0.493 e. The van der Waals surface area contributed by atoms with Crippen molar-refractivity contribution in [3.05, 3.63) is 62.4 Å². The maximum Gasteiger partial charge on any atom is 0.292 e. The van der Waals surface area contributed by atoms with Gasteiger partial charge in [0.25, 0.3) is 5.69 Å². The Kier molecular flexibility index (Phi) is 4.76. The van der Waals surface area contributed by atoms with Gasteiger partial charge in [0.1, 0.15) is 11.6 Å². The molecule has 1 aliphatic rings. The number of nitrogens with one attached hydrogen (secondary N) is 1. The molecule has 25 heavy (non-hydrogen) atoms. The van der Waals surface area contributed by atoms with Crippen LogP contribution in [-0.2, 0) is 10.0 Å². The third kappa shape index (κ3) is 3.51. The fourth-order valence-electron chi connectivity index (χ4n) is 2.59. The molecule has 1 N–H and O–H groups in total. The van der Waals surface area contributed by atoms with Gasteiger partial charge in [-0.05, 0) is 28.1 Å². The number of halogens is 2. The molecule has 10 heteroatoms. The molecule has 0 aliphatic carbocycles. The molecule has 1 heterocycles. The third-order valence-electron chi connectivity index (χ3n) is 3.74. The van der Waals surface area contributed by atoms with Crippen LogP contribution in [0.3, 0.4) is 0 Å². The number of hydrogen-bond donors (Lipinski definition) is 1. The fourth-order valence-corrected chi connectivity index (χ4v) is 4.51. The molecule has 0 radical (unpaired) electrons. The van der Waals surface area contributed by atoms with Crippen LogP contribution in [0.4, 0.5) is 10.1 Å². The molecular formula is C15H12BrFN2O5S. The lowest BCUT2D eigenvalue weighted by molar-refractivity contribution is -0.388. The van der Waals surface area contributed by atoms with E-state index in [0.717, 1.165) is 6.07 Å². The van der Waals surface area contributed by atoms with Crippen LogP contribution in [0, 0.1) is 15.9 Å². The van der Waals surface area contributed by atoms with Gasteiger partial charge in [0.15, 0.2) is 4.90 Å². The van der Waals surface area contributed by atoms with Gasteiger partial charge < -0.3 is 4.74 Å². The monoisotopic (exact) mass is 430 g/mol. The highest BCUT2D eigenvalue weighted by atomic mass is 79.9. The summed E-state index contributed by atoms with van der Waals surface area (Å²) in [5, 5.41) is 11.1. The number of ether oxygens (including phenoxy) is 1. The topological polar surface area (TPSA) is 98.5 Å². The molecule has 0 unspecified atom stereocenters. The van der Waals surface area contributed by atoms with Crippen molar-refractivity contribution in [1.29, 1.82) is 0 Å². The van der Waals surface area contributed by atoms with E-state index in [1.807, 2.05) is 0 Å². The normalized spacial score (nSPS) is 16.8. The lowest BCUT2D eigenvalue weighted by Gasteiger charge is -2.26. The maximum atomic E-state index is 13.6. The molecule has 2 aromatic rings. The number of sulfonamides is 1. The fraction of sp³-hybridized carbons (Fsp3) is 0.200. The van der Waals surface area contributed by atoms with E-state index in [1.54, 1.807) is 24.3 Å². The van der Waals surface area contributed by atoms with Gasteiger partial charge in [-0.25, -0.2) is 17.5 Å². The Labute approximate surface area is 151 Å². The average Bonchev–Trinajstić information content (AvgIpc) is 2.56. The van der Waals surface area contributed by atoms with Crippen LogP contribution in [0.1, 0.15) is 18.0 Å². The Morgan fingerprint density at radius 3 is 2.76 bits per heavy atom. The van der Waals surface area contributed by atoms with Crippen molar-refractivity contribution in [1.82, 2.24) is 4.72 Å². The molecule has 0 amide bonds. The standard InChI is InChI=1S/C15H12BrFN2O5S/c16-10-7-15(13(19(20)21)8-11(10)17)25(22,23)18-12-5-6-24-14-4-2-1-3-9(12)14/h1-4,7-8,12,18H,5-6H2/t12-/m0/s1. The predicted molar refractivity (Wildman–Crippen MR) is 90.4 cm³/mol. The van der Waals surface area contributed by atoms with E-state index in [1.165, 1.54) is 0 Å². The van der Waals surface area contributed by atoms with E-state index in [0.29, 0.717) is 30.4 Å². The number of fused-ring (bicyclic) bond motifs is 1. The van der Waals surface area contributed by atoms with Gasteiger partial charge in [0.2, 0.25) is 10.0 Å². The minimum absolute atomic E-state index is 0.175. The summed E-state index contributed by atoms with van der Waals surface area (Å²) in [7, 11) is -4.26. The summed E-state index contributed by atoms with van der Waals surface area (Å²) < 4.78 is 46.7. The van der Waals surface area contributed by atoms with Crippen LogP contribution >= 0.6 is 15.9 Å². The number of nitrogens with zero attached hydrogens (tertiary/aromatic N) is 1. The molecule has 0 saturated heterocycles. The molecule has 0 bridgehead atoms. The highest BCUT2D eigenvalue weighted by Crippen LogP contribution is 2.35. The predicted octanol–water partition coefficient (Wildman–Crippen LogP) is 3.30. The van der Waals surface area contributed by atoms with Crippen LogP contribution in [0.15, 0.2) is 45.8 Å². The van der Waals surface area contributed by atoms with Gasteiger partial charge in [-0.15, -0.1) is 0 Å². The van der Waals surface area contributed by atoms with E-state index >= 15 is 0 Å². The number of benzene rings is 2. The van der Waals surface area contributed by atoms with Crippen LogP contribution in [0.25, 0.3) is 0 Å². The smallest absolute Gasteiger partial charge is 0.292 e. The zero-order chi connectivity index (χ0) is 18.2. The van der Waals surface area contributed by atoms with Gasteiger partial charge in [-0.3, -0.25) is 10.1 Å². The molecule has 0 saturated carbocycles. The first-order chi connectivity index (χ1) is 11.8. The maximum absolute atomic E-state index is 13.6. The first-order valence-electron chi connectivity index (χ1n) is 7.17. The summed E-state index contributed by atoms with van der Waals surface area (Å²) in [5.41, 5.74) is -0.185. The zero-order valence-corrected chi connectivity index (χ0v) is 15.0. The molecule has 1 aliphatic heterocycles. The van der Waals surface area contributed by atoms with Gasteiger partial charge >= 0.3 is 0 Å². The lowest BCUT2D eigenvalue weighted by atomic mass is 10.0. The molecule has 132 valence electrons. The van der Waals surface area contributed by atoms with Crippen molar-refractivity contribution in [3.63, 3.8) is 0 Å². The SMILES string of the molecule is O=[N+]([O-])c1cc(F)c(Br)cc1S(=O)(=O)N[C@H]1CCOc2ccccc21. The van der Waals surface area contributed by atoms with E-state index in [-0.39, 0.29) is 4.47 Å². The summed E-state index contributed by atoms with van der Waals surface area (Å²) >= 11 is 2.86. The van der Waals surface area contributed by atoms with Gasteiger partial charge in [0.05, 0.1) is 28.1 Å². The second-order valence-corrected chi connectivity index (χ2v) is 7.88. The van der Waals surface area contributed by atoms with E-state index in [4.69, 9.17) is 4.74 Å². The van der Waals surface area contributed by atoms with Crippen molar-refractivity contribution < 1.29 is 22.5 Å². The van der Waals surface area contributed by atoms with Crippen molar-refractivity contribution in [3.8, 4) is 5.75 Å². The second-order valence-electron chi connectivity index (χ2n) is 5.34. The van der Waals surface area contributed by atoms with E-state index in [2.05, 4.69) is 20.7 Å². The van der Waals surface area contributed by atoms with E-state index < -0.39 is 37.4 Å². The minimum atomic E-state index is -4.26. The van der Waals surface area contributed by atoms with Gasteiger partial charge in [0, 0.05) is 12.0 Å². The third-order valence-corrected chi connectivity index (χ3v) is 5.85. The summed E-state index contributed by atoms with van der Waals surface area (Å²) in [5.74, 6) is -0.363. The number of rotatable bonds is 4. The minimum Gasteiger partial charge on any atom is -0.493 e. The molecule has 0 aromatic heterocycles. The van der Waals surface area contributed by atoms with Gasteiger partial charge in [-0.1, -0.05) is 18.2 Å². The Balaban J connectivity index is 2.02. The van der Waals surface area contributed by atoms with Crippen molar-refractivity contribution in [2.75, 3.05) is 6.61 Å². The zero-order valence-electron chi connectivity index (χ0n) is 12.6. The Hall–Kier alpha value is -2.04. The average molecular weight is 431 g/mol. The number of hydrogen-bond acceptors (Lipinski definition) is 5. The highest BCUT2D eigenvalue weighted by molar-refractivity contribution is 9.10. The van der Waals surface area contributed by atoms with Crippen LogP contribution < -0.4 is 9.46 Å². The van der Waals surface area contributed by atoms with Crippen molar-refractivity contribution in [2.24, 2.45) is 0 Å². The number of nitro groups is 1. The first-order valence-corrected chi connectivity index (χ1v) is 9.44. The lowest BCUT2D eigenvalue weighted by Crippen LogP contribution is -2.32. The quantitative estimate of drug-likeness (QED) is 0.592. The highest BCUT2D eigenvalue weighted by Gasteiger charge is 2.32.